The number of alkyl halides is 6. The summed E-state index contributed by atoms with van der Waals surface area (Å²) in [6.45, 7) is 3.77. The molecule has 0 N–H and O–H groups in total. The van der Waals surface area contributed by atoms with Gasteiger partial charge in [0.15, 0.2) is 6.61 Å². The number of hydrogen-bond acceptors (Lipinski definition) is 3. The Morgan fingerprint density at radius 2 is 1.62 bits per heavy atom. The van der Waals surface area contributed by atoms with E-state index in [2.05, 4.69) is 0 Å². The van der Waals surface area contributed by atoms with E-state index in [0.29, 0.717) is 24.0 Å². The van der Waals surface area contributed by atoms with Crippen LogP contribution in [0.15, 0.2) is 36.4 Å². The Morgan fingerprint density at radius 3 is 2.12 bits per heavy atom. The third-order valence-corrected chi connectivity index (χ3v) is 4.81. The van der Waals surface area contributed by atoms with E-state index in [9.17, 15) is 31.1 Å². The van der Waals surface area contributed by atoms with Crippen molar-refractivity contribution in [1.82, 2.24) is 0 Å². The van der Waals surface area contributed by atoms with Crippen LogP contribution in [-0.4, -0.2) is 25.4 Å². The molecule has 1 unspecified atom stereocenters. The Kier molecular flexibility index (Phi) is 8.20. The normalized spacial score (nSPS) is 13.0. The highest BCUT2D eigenvalue weighted by Gasteiger charge is 2.32. The SMILES string of the molecule is CCCC(C(=O)OCC)c1cc(-c2ccc(C(F)(F)F)cc2)c(OCC(F)(F)F)cc1C. The molecule has 32 heavy (non-hydrogen) atoms. The molecule has 9 heteroatoms. The van der Waals surface area contributed by atoms with Gasteiger partial charge in [-0.3, -0.25) is 4.79 Å². The van der Waals surface area contributed by atoms with Gasteiger partial charge in [0.2, 0.25) is 0 Å². The third-order valence-electron chi connectivity index (χ3n) is 4.81. The van der Waals surface area contributed by atoms with Crippen LogP contribution in [0.4, 0.5) is 26.3 Å². The zero-order valence-corrected chi connectivity index (χ0v) is 17.9. The molecule has 0 saturated carbocycles. The predicted molar refractivity (Wildman–Crippen MR) is 107 cm³/mol. The van der Waals surface area contributed by atoms with Crippen LogP contribution in [0.2, 0.25) is 0 Å². The predicted octanol–water partition coefficient (Wildman–Crippen LogP) is 7.07. The van der Waals surface area contributed by atoms with Crippen molar-refractivity contribution >= 4 is 5.97 Å². The van der Waals surface area contributed by atoms with Gasteiger partial charge in [0.05, 0.1) is 18.1 Å². The van der Waals surface area contributed by atoms with Crippen molar-refractivity contribution in [3.05, 3.63) is 53.1 Å². The number of ether oxygens (including phenoxy) is 2. The summed E-state index contributed by atoms with van der Waals surface area (Å²) in [6.07, 6.45) is -8.07. The average molecular weight is 462 g/mol. The van der Waals surface area contributed by atoms with Gasteiger partial charge < -0.3 is 9.47 Å². The Labute approximate surface area is 182 Å². The molecule has 0 radical (unpaired) electrons. The van der Waals surface area contributed by atoms with Crippen molar-refractivity contribution in [2.24, 2.45) is 0 Å². The number of hydrogen-bond donors (Lipinski definition) is 0. The number of halogens is 6. The smallest absolute Gasteiger partial charge is 0.422 e. The van der Waals surface area contributed by atoms with E-state index in [1.165, 1.54) is 12.1 Å². The first-order valence-corrected chi connectivity index (χ1v) is 10.1. The highest BCUT2D eigenvalue weighted by molar-refractivity contribution is 5.81. The molecule has 3 nitrogen and oxygen atoms in total. The van der Waals surface area contributed by atoms with Gasteiger partial charge >= 0.3 is 18.3 Å². The van der Waals surface area contributed by atoms with Gasteiger partial charge in [-0.2, -0.15) is 26.3 Å². The summed E-state index contributed by atoms with van der Waals surface area (Å²) in [5.41, 5.74) is 0.551. The lowest BCUT2D eigenvalue weighted by Gasteiger charge is -2.21. The van der Waals surface area contributed by atoms with Crippen LogP contribution >= 0.6 is 0 Å². The van der Waals surface area contributed by atoms with Crippen molar-refractivity contribution in [2.75, 3.05) is 13.2 Å². The molecule has 0 aliphatic heterocycles. The number of esters is 1. The summed E-state index contributed by atoms with van der Waals surface area (Å²) in [7, 11) is 0. The number of rotatable bonds is 8. The van der Waals surface area contributed by atoms with E-state index in [4.69, 9.17) is 9.47 Å². The van der Waals surface area contributed by atoms with Gasteiger partial charge in [0, 0.05) is 5.56 Å². The number of carbonyl (C=O) groups is 1. The molecule has 0 bridgehead atoms. The zero-order valence-electron chi connectivity index (χ0n) is 17.9. The standard InChI is InChI=1S/C23H24F6O3/c1-4-6-17(21(30)31-5-2)18-12-19(15-7-9-16(10-8-15)23(27,28)29)20(11-14(18)3)32-13-22(24,25)26/h7-12,17H,4-6,13H2,1-3H3. The van der Waals surface area contributed by atoms with Gasteiger partial charge in [-0.25, -0.2) is 0 Å². The zero-order chi connectivity index (χ0) is 24.1. The van der Waals surface area contributed by atoms with Crippen molar-refractivity contribution in [3.8, 4) is 16.9 Å². The first-order valence-electron chi connectivity index (χ1n) is 10.1. The minimum absolute atomic E-state index is 0.137. The van der Waals surface area contributed by atoms with Crippen LogP contribution in [0, 0.1) is 6.92 Å². The molecule has 0 aliphatic carbocycles. The van der Waals surface area contributed by atoms with Crippen molar-refractivity contribution in [1.29, 1.82) is 0 Å². The van der Waals surface area contributed by atoms with E-state index in [1.807, 2.05) is 6.92 Å². The quantitative estimate of drug-likeness (QED) is 0.311. The van der Waals surface area contributed by atoms with Gasteiger partial charge in [-0.15, -0.1) is 0 Å². The third kappa shape index (κ3) is 6.64. The first kappa shape index (κ1) is 25.5. The number of carbonyl (C=O) groups excluding carboxylic acids is 1. The molecule has 1 atom stereocenters. The highest BCUT2D eigenvalue weighted by Crippen LogP contribution is 2.39. The molecule has 0 aliphatic rings. The maximum absolute atomic E-state index is 12.9. The molecule has 2 aromatic carbocycles. The second kappa shape index (κ2) is 10.3. The van der Waals surface area contributed by atoms with E-state index in [0.717, 1.165) is 24.3 Å². The molecule has 2 rings (SSSR count). The molecule has 0 heterocycles. The van der Waals surface area contributed by atoms with E-state index in [-0.39, 0.29) is 23.5 Å². The van der Waals surface area contributed by atoms with Crippen LogP contribution in [0.5, 0.6) is 5.75 Å². The fourth-order valence-electron chi connectivity index (χ4n) is 3.35. The van der Waals surface area contributed by atoms with E-state index >= 15 is 0 Å². The number of aryl methyl sites for hydroxylation is 1. The molecular weight excluding hydrogens is 438 g/mol. The van der Waals surface area contributed by atoms with Crippen LogP contribution in [0.25, 0.3) is 11.1 Å². The topological polar surface area (TPSA) is 35.5 Å². The fraction of sp³-hybridized carbons (Fsp3) is 0.435. The lowest BCUT2D eigenvalue weighted by Crippen LogP contribution is -2.20. The average Bonchev–Trinajstić information content (AvgIpc) is 2.70. The Balaban J connectivity index is 2.61. The van der Waals surface area contributed by atoms with Gasteiger partial charge in [0.25, 0.3) is 0 Å². The van der Waals surface area contributed by atoms with E-state index < -0.39 is 36.4 Å². The Bertz CT molecular complexity index is 917. The van der Waals surface area contributed by atoms with Gasteiger partial charge in [-0.05, 0) is 61.2 Å². The Morgan fingerprint density at radius 1 is 1.00 bits per heavy atom. The van der Waals surface area contributed by atoms with Crippen LogP contribution < -0.4 is 4.74 Å². The fourth-order valence-corrected chi connectivity index (χ4v) is 3.35. The van der Waals surface area contributed by atoms with Crippen LogP contribution in [0.3, 0.4) is 0 Å². The number of benzene rings is 2. The molecule has 0 aromatic heterocycles. The second-order valence-electron chi connectivity index (χ2n) is 7.28. The van der Waals surface area contributed by atoms with Crippen molar-refractivity contribution in [2.45, 2.75) is 51.9 Å². The van der Waals surface area contributed by atoms with Crippen LogP contribution in [-0.2, 0) is 15.7 Å². The summed E-state index contributed by atoms with van der Waals surface area (Å²) < 4.78 is 87.1. The van der Waals surface area contributed by atoms with Crippen molar-refractivity contribution in [3.63, 3.8) is 0 Å². The van der Waals surface area contributed by atoms with Crippen LogP contribution in [0.1, 0.15) is 49.3 Å². The molecule has 0 spiro atoms. The molecule has 0 saturated heterocycles. The minimum atomic E-state index is -4.60. The minimum Gasteiger partial charge on any atom is -0.483 e. The monoisotopic (exact) mass is 462 g/mol. The van der Waals surface area contributed by atoms with Gasteiger partial charge in [0.1, 0.15) is 5.75 Å². The lowest BCUT2D eigenvalue weighted by molar-refractivity contribution is -0.153. The summed E-state index contributed by atoms with van der Waals surface area (Å²) in [5, 5.41) is 0. The van der Waals surface area contributed by atoms with Crippen molar-refractivity contribution < 1.29 is 40.6 Å². The molecule has 2 aromatic rings. The van der Waals surface area contributed by atoms with Gasteiger partial charge in [-0.1, -0.05) is 25.5 Å². The lowest BCUT2D eigenvalue weighted by atomic mass is 9.88. The Hall–Kier alpha value is -2.71. The largest absolute Gasteiger partial charge is 0.483 e. The van der Waals surface area contributed by atoms with E-state index in [1.54, 1.807) is 13.8 Å². The first-order chi connectivity index (χ1) is 14.9. The summed E-state index contributed by atoms with van der Waals surface area (Å²) in [5.74, 6) is -1.27. The molecule has 0 amide bonds. The highest BCUT2D eigenvalue weighted by atomic mass is 19.4. The molecular formula is C23H24F6O3. The summed E-state index contributed by atoms with van der Waals surface area (Å²) >= 11 is 0. The maximum Gasteiger partial charge on any atom is 0.422 e. The molecule has 0 fully saturated rings. The summed E-state index contributed by atoms with van der Waals surface area (Å²) in [4.78, 5) is 12.5. The second-order valence-corrected chi connectivity index (χ2v) is 7.28. The summed E-state index contributed by atoms with van der Waals surface area (Å²) in [6, 6.07) is 6.89. The molecule has 176 valence electrons. The maximum atomic E-state index is 12.9.